The predicted octanol–water partition coefficient (Wildman–Crippen LogP) is 2.27. The normalized spacial score (nSPS) is 14.9. The van der Waals surface area contributed by atoms with Crippen molar-refractivity contribution < 1.29 is 14.5 Å². The van der Waals surface area contributed by atoms with Crippen LogP contribution < -0.4 is 0 Å². The molecule has 1 heterocycles. The third kappa shape index (κ3) is 4.89. The Bertz CT molecular complexity index is 818. The molecule has 1 aliphatic carbocycles. The molecule has 1 aromatic carbocycles. The van der Waals surface area contributed by atoms with Crippen LogP contribution in [0.25, 0.3) is 5.69 Å². The number of rotatable bonds is 8. The molecule has 10 heteroatoms. The fraction of sp³-hybridized carbons (Fsp3) is 0.556. The van der Waals surface area contributed by atoms with Gasteiger partial charge in [-0.2, -0.15) is 4.68 Å². The number of ether oxygens (including phenoxy) is 1. The van der Waals surface area contributed by atoms with Crippen molar-refractivity contribution in [1.82, 2.24) is 25.1 Å². The van der Waals surface area contributed by atoms with Gasteiger partial charge >= 0.3 is 5.97 Å². The number of nitrogens with zero attached hydrogens (tertiary/aromatic N) is 6. The van der Waals surface area contributed by atoms with Crippen LogP contribution in [0.4, 0.5) is 5.69 Å². The molecule has 10 nitrogen and oxygen atoms in total. The van der Waals surface area contributed by atoms with E-state index < -0.39 is 4.92 Å². The van der Waals surface area contributed by atoms with Crippen LogP contribution in [0.15, 0.2) is 24.3 Å². The Hall–Kier alpha value is -2.88. The minimum Gasteiger partial charge on any atom is -0.469 e. The lowest BCUT2D eigenvalue weighted by Crippen LogP contribution is -2.38. The first-order valence-electron chi connectivity index (χ1n) is 9.41. The highest BCUT2D eigenvalue weighted by Gasteiger charge is 2.24. The highest BCUT2D eigenvalue weighted by molar-refractivity contribution is 5.69. The molecule has 3 rings (SSSR count). The molecule has 0 N–H and O–H groups in total. The van der Waals surface area contributed by atoms with Gasteiger partial charge in [-0.1, -0.05) is 25.3 Å². The maximum Gasteiger partial charge on any atom is 0.306 e. The number of nitro groups is 1. The second kappa shape index (κ2) is 9.36. The van der Waals surface area contributed by atoms with Crippen molar-refractivity contribution in [2.75, 3.05) is 13.7 Å². The Kier molecular flexibility index (Phi) is 6.64. The summed E-state index contributed by atoms with van der Waals surface area (Å²) in [6.07, 6.45) is 5.99. The third-order valence-corrected chi connectivity index (χ3v) is 5.09. The molecule has 1 aromatic heterocycles. The van der Waals surface area contributed by atoms with Gasteiger partial charge in [0.2, 0.25) is 0 Å². The number of methoxy groups -OCH3 is 1. The van der Waals surface area contributed by atoms with Crippen molar-refractivity contribution in [3.8, 4) is 5.69 Å². The fourth-order valence-corrected chi connectivity index (χ4v) is 3.60. The van der Waals surface area contributed by atoms with Gasteiger partial charge in [0, 0.05) is 24.7 Å². The number of esters is 1. The second-order valence-corrected chi connectivity index (χ2v) is 6.87. The van der Waals surface area contributed by atoms with Gasteiger partial charge in [0.1, 0.15) is 0 Å². The molecule has 0 saturated heterocycles. The smallest absolute Gasteiger partial charge is 0.306 e. The molecule has 0 aliphatic heterocycles. The molecular weight excluding hydrogens is 364 g/mol. The average Bonchev–Trinajstić information content (AvgIpc) is 3.19. The number of carbonyl (C=O) groups excluding carboxylic acids is 1. The number of benzene rings is 1. The van der Waals surface area contributed by atoms with E-state index in [2.05, 4.69) is 20.4 Å². The Morgan fingerprint density at radius 1 is 1.36 bits per heavy atom. The molecular formula is C18H24N6O4. The van der Waals surface area contributed by atoms with E-state index in [0.717, 1.165) is 25.7 Å². The zero-order chi connectivity index (χ0) is 19.9. The van der Waals surface area contributed by atoms with Gasteiger partial charge in [0.15, 0.2) is 5.82 Å². The van der Waals surface area contributed by atoms with Crippen LogP contribution >= 0.6 is 0 Å². The summed E-state index contributed by atoms with van der Waals surface area (Å²) >= 11 is 0. The molecule has 1 aliphatic rings. The van der Waals surface area contributed by atoms with Crippen LogP contribution in [0, 0.1) is 10.1 Å². The first-order chi connectivity index (χ1) is 13.6. The monoisotopic (exact) mass is 388 g/mol. The molecule has 0 bridgehead atoms. The van der Waals surface area contributed by atoms with E-state index in [9.17, 15) is 14.9 Å². The van der Waals surface area contributed by atoms with Gasteiger partial charge in [-0.15, -0.1) is 5.10 Å². The van der Waals surface area contributed by atoms with E-state index in [1.165, 1.54) is 30.3 Å². The number of nitro benzene ring substituents is 1. The zero-order valence-electron chi connectivity index (χ0n) is 15.9. The van der Waals surface area contributed by atoms with Crippen molar-refractivity contribution in [2.45, 2.75) is 51.1 Å². The molecule has 0 atom stereocenters. The van der Waals surface area contributed by atoms with E-state index >= 15 is 0 Å². The van der Waals surface area contributed by atoms with Gasteiger partial charge in [0.05, 0.1) is 30.7 Å². The van der Waals surface area contributed by atoms with Crippen LogP contribution in [0.1, 0.15) is 44.3 Å². The van der Waals surface area contributed by atoms with Crippen molar-refractivity contribution in [3.05, 3.63) is 40.2 Å². The van der Waals surface area contributed by atoms with E-state index in [0.29, 0.717) is 37.1 Å². The molecule has 0 radical (unpaired) electrons. The number of hydrogen-bond donors (Lipinski definition) is 0. The van der Waals surface area contributed by atoms with E-state index in [1.54, 1.807) is 12.1 Å². The van der Waals surface area contributed by atoms with Gasteiger partial charge in [0.25, 0.3) is 5.69 Å². The van der Waals surface area contributed by atoms with Crippen LogP contribution in [0.3, 0.4) is 0 Å². The average molecular weight is 388 g/mol. The van der Waals surface area contributed by atoms with E-state index in [4.69, 9.17) is 4.74 Å². The lowest BCUT2D eigenvalue weighted by atomic mass is 9.94. The number of non-ortho nitro benzene ring substituents is 1. The topological polar surface area (TPSA) is 116 Å². The van der Waals surface area contributed by atoms with Crippen molar-refractivity contribution in [2.24, 2.45) is 0 Å². The molecule has 0 amide bonds. The largest absolute Gasteiger partial charge is 0.469 e. The van der Waals surface area contributed by atoms with Crippen LogP contribution in [0.2, 0.25) is 0 Å². The summed E-state index contributed by atoms with van der Waals surface area (Å²) in [7, 11) is 1.39. The first kappa shape index (κ1) is 19.9. The van der Waals surface area contributed by atoms with Gasteiger partial charge in [-0.05, 0) is 29.3 Å². The summed E-state index contributed by atoms with van der Waals surface area (Å²) in [4.78, 5) is 24.5. The van der Waals surface area contributed by atoms with E-state index in [1.807, 2.05) is 0 Å². The Labute approximate surface area is 162 Å². The molecule has 0 spiro atoms. The number of aromatic nitrogens is 4. The van der Waals surface area contributed by atoms with Gasteiger partial charge in [-0.25, -0.2) is 0 Å². The van der Waals surface area contributed by atoms with Crippen LogP contribution in [-0.4, -0.2) is 55.7 Å². The molecule has 1 fully saturated rings. The molecule has 1 saturated carbocycles. The number of hydrogen-bond acceptors (Lipinski definition) is 8. The van der Waals surface area contributed by atoms with Gasteiger partial charge < -0.3 is 4.74 Å². The maximum atomic E-state index is 11.6. The molecule has 150 valence electrons. The minimum absolute atomic E-state index is 0.0197. The second-order valence-electron chi connectivity index (χ2n) is 6.87. The minimum atomic E-state index is -0.446. The summed E-state index contributed by atoms with van der Waals surface area (Å²) in [5.74, 6) is 0.329. The zero-order valence-corrected chi connectivity index (χ0v) is 15.9. The number of carbonyl (C=O) groups is 1. The highest BCUT2D eigenvalue weighted by atomic mass is 16.6. The maximum absolute atomic E-state index is 11.6. The lowest BCUT2D eigenvalue weighted by molar-refractivity contribution is -0.384. The van der Waals surface area contributed by atoms with E-state index in [-0.39, 0.29) is 11.7 Å². The summed E-state index contributed by atoms with van der Waals surface area (Å²) in [6.45, 7) is 1.01. The summed E-state index contributed by atoms with van der Waals surface area (Å²) in [6, 6.07) is 6.56. The lowest BCUT2D eigenvalue weighted by Gasteiger charge is -2.33. The molecule has 0 unspecified atom stereocenters. The van der Waals surface area contributed by atoms with Crippen molar-refractivity contribution >= 4 is 11.7 Å². The first-order valence-corrected chi connectivity index (χ1v) is 9.41. The van der Waals surface area contributed by atoms with Crippen LogP contribution in [0.5, 0.6) is 0 Å². The summed E-state index contributed by atoms with van der Waals surface area (Å²) in [5.41, 5.74) is 0.513. The standard InChI is InChI=1S/C18H24N6O4/c1-28-18(25)10-11-22(14-6-3-2-4-7-14)13-17-19-20-21-23(17)15-8-5-9-16(12-15)24(26)27/h5,8-9,12,14H,2-4,6-7,10-11,13H2,1H3. The quantitative estimate of drug-likeness (QED) is 0.384. The van der Waals surface area contributed by atoms with Crippen molar-refractivity contribution in [1.29, 1.82) is 0 Å². The number of tetrazole rings is 1. The third-order valence-electron chi connectivity index (χ3n) is 5.09. The van der Waals surface area contributed by atoms with Crippen LogP contribution in [-0.2, 0) is 16.1 Å². The molecule has 2 aromatic rings. The SMILES string of the molecule is COC(=O)CCN(Cc1nnnn1-c1cccc([N+](=O)[O-])c1)C1CCCCC1. The summed E-state index contributed by atoms with van der Waals surface area (Å²) in [5, 5.41) is 23.0. The Morgan fingerprint density at radius 3 is 2.86 bits per heavy atom. The molecule has 28 heavy (non-hydrogen) atoms. The Balaban J connectivity index is 1.81. The van der Waals surface area contributed by atoms with Crippen molar-refractivity contribution in [3.63, 3.8) is 0 Å². The fourth-order valence-electron chi connectivity index (χ4n) is 3.60. The highest BCUT2D eigenvalue weighted by Crippen LogP contribution is 2.25. The summed E-state index contributed by atoms with van der Waals surface area (Å²) < 4.78 is 6.29. The van der Waals surface area contributed by atoms with Gasteiger partial charge in [-0.3, -0.25) is 19.8 Å². The predicted molar refractivity (Wildman–Crippen MR) is 99.7 cm³/mol. The Morgan fingerprint density at radius 2 is 2.14 bits per heavy atom.